The van der Waals surface area contributed by atoms with Crippen LogP contribution in [0.15, 0.2) is 235 Å². The Labute approximate surface area is 361 Å². The Morgan fingerprint density at radius 1 is 0.468 bits per heavy atom. The highest BCUT2D eigenvalue weighted by Crippen LogP contribution is 2.62. The van der Waals surface area contributed by atoms with E-state index in [4.69, 9.17) is 4.42 Å². The molecule has 12 rings (SSSR count). The van der Waals surface area contributed by atoms with Crippen molar-refractivity contribution in [3.05, 3.63) is 253 Å². The minimum absolute atomic E-state index is 0.391. The lowest BCUT2D eigenvalue weighted by molar-refractivity contribution is 0.670. The maximum Gasteiger partial charge on any atom is 0.159 e. The first-order valence-electron chi connectivity index (χ1n) is 21.4. The van der Waals surface area contributed by atoms with Crippen LogP contribution < -0.4 is 4.90 Å². The maximum atomic E-state index is 7.00. The van der Waals surface area contributed by atoms with E-state index in [-0.39, 0.29) is 0 Å². The van der Waals surface area contributed by atoms with E-state index in [1.165, 1.54) is 60.9 Å². The molecule has 0 N–H and O–H groups in total. The second-order valence-corrected chi connectivity index (χ2v) is 16.5. The van der Waals surface area contributed by atoms with E-state index in [9.17, 15) is 0 Å². The van der Waals surface area contributed by atoms with Crippen molar-refractivity contribution in [1.29, 1.82) is 0 Å². The van der Waals surface area contributed by atoms with Gasteiger partial charge >= 0.3 is 0 Å². The van der Waals surface area contributed by atoms with Crippen LogP contribution in [0.25, 0.3) is 71.7 Å². The second-order valence-electron chi connectivity index (χ2n) is 16.5. The molecule has 1 aromatic heterocycles. The van der Waals surface area contributed by atoms with Crippen molar-refractivity contribution in [3.8, 4) is 33.4 Å². The monoisotopic (exact) mass is 791 g/mol. The highest BCUT2D eigenvalue weighted by Gasteiger charge is 2.51. The molecule has 0 atom stereocenters. The van der Waals surface area contributed by atoms with Gasteiger partial charge in [0.1, 0.15) is 5.58 Å². The van der Waals surface area contributed by atoms with Gasteiger partial charge in [0.25, 0.3) is 0 Å². The van der Waals surface area contributed by atoms with Gasteiger partial charge in [-0.1, -0.05) is 189 Å². The molecule has 0 saturated heterocycles. The highest BCUT2D eigenvalue weighted by atomic mass is 16.3. The fourth-order valence-corrected chi connectivity index (χ4v) is 10.6. The Balaban J connectivity index is 1.02. The van der Waals surface area contributed by atoms with Gasteiger partial charge in [-0.25, -0.2) is 0 Å². The molecule has 0 aliphatic heterocycles. The Hall–Kier alpha value is -7.94. The van der Waals surface area contributed by atoms with Gasteiger partial charge in [-0.15, -0.1) is 0 Å². The normalized spacial score (nSPS) is 13.6. The number of para-hydroxylation sites is 2. The van der Waals surface area contributed by atoms with E-state index in [1.54, 1.807) is 0 Å². The minimum atomic E-state index is -0.391. The fraction of sp³-hybridized carbons (Fsp3) is 0.0333. The maximum absolute atomic E-state index is 7.00. The SMILES string of the molecule is C=C/C=C\C1=C(C)C2(c3cc(-c4ccc(N(c5ccc6ccccc6c5)c5cccc6c5oc5c(-c7ccccc7)cccc56)cc4)ccc31)c1ccccc1-c1ccccc12. The molecule has 0 unspecified atom stereocenters. The lowest BCUT2D eigenvalue weighted by atomic mass is 9.70. The first-order valence-corrected chi connectivity index (χ1v) is 21.4. The summed E-state index contributed by atoms with van der Waals surface area (Å²) in [7, 11) is 0. The van der Waals surface area contributed by atoms with E-state index in [2.05, 4.69) is 231 Å². The second kappa shape index (κ2) is 14.1. The van der Waals surface area contributed by atoms with Gasteiger partial charge < -0.3 is 9.32 Å². The minimum Gasteiger partial charge on any atom is -0.453 e. The molecule has 1 spiro atoms. The molecule has 2 aliphatic rings. The average Bonchev–Trinajstić information content (AvgIpc) is 3.95. The third-order valence-corrected chi connectivity index (χ3v) is 13.3. The number of nitrogens with zero attached hydrogens (tertiary/aromatic N) is 1. The molecule has 292 valence electrons. The van der Waals surface area contributed by atoms with Crippen molar-refractivity contribution in [3.63, 3.8) is 0 Å². The highest BCUT2D eigenvalue weighted by molar-refractivity contribution is 6.13. The van der Waals surface area contributed by atoms with Crippen LogP contribution in [0, 0.1) is 0 Å². The van der Waals surface area contributed by atoms with E-state index < -0.39 is 5.41 Å². The van der Waals surface area contributed by atoms with Crippen molar-refractivity contribution in [2.75, 3.05) is 4.90 Å². The molecule has 62 heavy (non-hydrogen) atoms. The zero-order valence-corrected chi connectivity index (χ0v) is 34.3. The van der Waals surface area contributed by atoms with Crippen molar-refractivity contribution in [2.45, 2.75) is 12.3 Å². The smallest absolute Gasteiger partial charge is 0.159 e. The Bertz CT molecular complexity index is 3450. The lowest BCUT2D eigenvalue weighted by Gasteiger charge is -2.31. The van der Waals surface area contributed by atoms with E-state index in [0.29, 0.717) is 0 Å². The molecule has 9 aromatic carbocycles. The van der Waals surface area contributed by atoms with Crippen LogP contribution in [0.2, 0.25) is 0 Å². The quantitative estimate of drug-likeness (QED) is 0.150. The van der Waals surface area contributed by atoms with Crippen molar-refractivity contribution in [2.24, 2.45) is 0 Å². The Kier molecular flexibility index (Phi) is 8.17. The Morgan fingerprint density at radius 2 is 1.10 bits per heavy atom. The zero-order valence-electron chi connectivity index (χ0n) is 34.3. The molecule has 2 nitrogen and oxygen atoms in total. The molecule has 1 heterocycles. The molecule has 2 heteroatoms. The van der Waals surface area contributed by atoms with E-state index in [0.717, 1.165) is 55.7 Å². The number of fused-ring (bicyclic) bond motifs is 11. The number of furan rings is 1. The summed E-state index contributed by atoms with van der Waals surface area (Å²) < 4.78 is 7.00. The van der Waals surface area contributed by atoms with Gasteiger partial charge in [0.05, 0.1) is 11.1 Å². The molecule has 2 aliphatic carbocycles. The molecular weight excluding hydrogens is 751 g/mol. The number of rotatable bonds is 7. The number of benzene rings is 9. The summed E-state index contributed by atoms with van der Waals surface area (Å²) in [6.45, 7) is 6.33. The fourth-order valence-electron chi connectivity index (χ4n) is 10.6. The van der Waals surface area contributed by atoms with E-state index >= 15 is 0 Å². The van der Waals surface area contributed by atoms with Crippen LogP contribution in [0.4, 0.5) is 17.1 Å². The largest absolute Gasteiger partial charge is 0.453 e. The Morgan fingerprint density at radius 3 is 1.85 bits per heavy atom. The van der Waals surface area contributed by atoms with Crippen LogP contribution in [-0.2, 0) is 5.41 Å². The summed E-state index contributed by atoms with van der Waals surface area (Å²) in [4.78, 5) is 2.35. The lowest BCUT2D eigenvalue weighted by Crippen LogP contribution is -2.26. The predicted octanol–water partition coefficient (Wildman–Crippen LogP) is 16.4. The summed E-state index contributed by atoms with van der Waals surface area (Å²) >= 11 is 0. The number of hydrogen-bond acceptors (Lipinski definition) is 2. The first kappa shape index (κ1) is 36.0. The molecule has 0 bridgehead atoms. The van der Waals surface area contributed by atoms with Crippen LogP contribution in [-0.4, -0.2) is 0 Å². The topological polar surface area (TPSA) is 16.4 Å². The number of allylic oxidation sites excluding steroid dienone is 5. The standard InChI is InChI=1S/C60H41NO/c1-3-4-20-47-39(2)60(54-26-12-10-21-49(54)50-22-11-13-27-55(50)60)56-38-44(32-36-51(47)56)41-29-33-45(34-30-41)61(46-35-31-40-16-8-9-19-43(40)37-46)57-28-15-25-53-52-24-14-23-48(58(52)62-59(53)57)42-17-6-5-7-18-42/h3-38H,1H2,2H3/b20-4-. The summed E-state index contributed by atoms with van der Waals surface area (Å²) in [5.74, 6) is 0. The van der Waals surface area contributed by atoms with Crippen LogP contribution in [0.1, 0.15) is 29.2 Å². The van der Waals surface area contributed by atoms with Gasteiger partial charge in [0.15, 0.2) is 5.58 Å². The number of anilines is 3. The summed E-state index contributed by atoms with van der Waals surface area (Å²) in [5.41, 5.74) is 19.5. The van der Waals surface area contributed by atoms with Gasteiger partial charge in [-0.2, -0.15) is 0 Å². The van der Waals surface area contributed by atoms with Crippen LogP contribution >= 0.6 is 0 Å². The number of hydrogen-bond donors (Lipinski definition) is 0. The molecule has 0 saturated carbocycles. The molecule has 0 amide bonds. The van der Waals surface area contributed by atoms with Crippen LogP contribution in [0.3, 0.4) is 0 Å². The molecule has 10 aromatic rings. The summed E-state index contributed by atoms with van der Waals surface area (Å²) in [6.07, 6.45) is 6.17. The van der Waals surface area contributed by atoms with Crippen molar-refractivity contribution < 1.29 is 4.42 Å². The third-order valence-electron chi connectivity index (χ3n) is 13.3. The molecular formula is C60H41NO. The van der Waals surface area contributed by atoms with E-state index in [1.807, 2.05) is 6.08 Å². The van der Waals surface area contributed by atoms with Crippen molar-refractivity contribution in [1.82, 2.24) is 0 Å². The van der Waals surface area contributed by atoms with Crippen molar-refractivity contribution >= 4 is 55.3 Å². The summed E-state index contributed by atoms with van der Waals surface area (Å²) in [5, 5.41) is 4.58. The molecule has 0 fully saturated rings. The molecule has 0 radical (unpaired) electrons. The van der Waals surface area contributed by atoms with Gasteiger partial charge in [-0.05, 0) is 115 Å². The predicted molar refractivity (Wildman–Crippen MR) is 260 cm³/mol. The third kappa shape index (κ3) is 5.23. The average molecular weight is 792 g/mol. The first-order chi connectivity index (χ1) is 30.6. The zero-order chi connectivity index (χ0) is 41.4. The van der Waals surface area contributed by atoms with Crippen LogP contribution in [0.5, 0.6) is 0 Å². The van der Waals surface area contributed by atoms with Gasteiger partial charge in [0, 0.05) is 27.7 Å². The summed E-state index contributed by atoms with van der Waals surface area (Å²) in [6, 6.07) is 72.8. The van der Waals surface area contributed by atoms with Gasteiger partial charge in [0.2, 0.25) is 0 Å². The van der Waals surface area contributed by atoms with Gasteiger partial charge in [-0.3, -0.25) is 0 Å².